The quantitative estimate of drug-likeness (QED) is 0.461. The van der Waals surface area contributed by atoms with E-state index < -0.39 is 5.91 Å². The summed E-state index contributed by atoms with van der Waals surface area (Å²) in [6.45, 7) is 3.98. The second kappa shape index (κ2) is 10.0. The summed E-state index contributed by atoms with van der Waals surface area (Å²) in [7, 11) is 0. The SMILES string of the molecule is CCOc1ccc(NC(=O)/C(C#N)=C/c2c(N3CCCCC3)nc3ccccn3c2=O)cc1. The van der Waals surface area contributed by atoms with Crippen LogP contribution in [0, 0.1) is 11.3 Å². The van der Waals surface area contributed by atoms with Gasteiger partial charge < -0.3 is 15.0 Å². The minimum atomic E-state index is -0.594. The molecule has 1 amide bonds. The van der Waals surface area contributed by atoms with Gasteiger partial charge in [0.1, 0.15) is 28.9 Å². The molecule has 1 aromatic carbocycles. The van der Waals surface area contributed by atoms with Gasteiger partial charge in [0.15, 0.2) is 0 Å². The van der Waals surface area contributed by atoms with Crippen LogP contribution in [0.5, 0.6) is 5.75 Å². The van der Waals surface area contributed by atoms with Crippen LogP contribution >= 0.6 is 0 Å². The lowest BCUT2D eigenvalue weighted by Crippen LogP contribution is -2.33. The average molecular weight is 444 g/mol. The number of ether oxygens (including phenoxy) is 1. The predicted molar refractivity (Wildman–Crippen MR) is 127 cm³/mol. The third-order valence-electron chi connectivity index (χ3n) is 5.48. The summed E-state index contributed by atoms with van der Waals surface area (Å²) >= 11 is 0. The highest BCUT2D eigenvalue weighted by Crippen LogP contribution is 2.23. The first-order valence-electron chi connectivity index (χ1n) is 11.0. The van der Waals surface area contributed by atoms with E-state index in [1.807, 2.05) is 19.1 Å². The maximum Gasteiger partial charge on any atom is 0.267 e. The number of hydrogen-bond acceptors (Lipinski definition) is 6. The minimum Gasteiger partial charge on any atom is -0.494 e. The normalized spacial score (nSPS) is 14.1. The van der Waals surface area contributed by atoms with Gasteiger partial charge in [0.2, 0.25) is 0 Å². The lowest BCUT2D eigenvalue weighted by atomic mass is 10.1. The molecular weight excluding hydrogens is 418 g/mol. The molecule has 1 N–H and O–H groups in total. The first-order valence-corrected chi connectivity index (χ1v) is 11.0. The number of nitrogens with zero attached hydrogens (tertiary/aromatic N) is 4. The Hall–Kier alpha value is -4.12. The van der Waals surface area contributed by atoms with Crippen LogP contribution in [0.2, 0.25) is 0 Å². The Morgan fingerprint density at radius 2 is 1.94 bits per heavy atom. The highest BCUT2D eigenvalue weighted by Gasteiger charge is 2.21. The number of carbonyl (C=O) groups excluding carboxylic acids is 1. The number of pyridine rings is 1. The summed E-state index contributed by atoms with van der Waals surface area (Å²) in [6.07, 6.45) is 6.11. The summed E-state index contributed by atoms with van der Waals surface area (Å²) in [5, 5.41) is 12.4. The first-order chi connectivity index (χ1) is 16.1. The third-order valence-corrected chi connectivity index (χ3v) is 5.48. The van der Waals surface area contributed by atoms with Gasteiger partial charge in [-0.2, -0.15) is 5.26 Å². The van der Waals surface area contributed by atoms with Gasteiger partial charge in [0.25, 0.3) is 11.5 Å². The second-order valence-corrected chi connectivity index (χ2v) is 7.71. The third kappa shape index (κ3) is 4.88. The zero-order chi connectivity index (χ0) is 23.2. The fourth-order valence-electron chi connectivity index (χ4n) is 3.86. The van der Waals surface area contributed by atoms with Crippen LogP contribution in [0.4, 0.5) is 11.5 Å². The zero-order valence-corrected chi connectivity index (χ0v) is 18.5. The molecule has 1 saturated heterocycles. The Kier molecular flexibility index (Phi) is 6.69. The van der Waals surface area contributed by atoms with Crippen LogP contribution in [-0.4, -0.2) is 35.0 Å². The predicted octanol–water partition coefficient (Wildman–Crippen LogP) is 3.63. The molecule has 0 radical (unpaired) electrons. The van der Waals surface area contributed by atoms with Gasteiger partial charge in [0.05, 0.1) is 12.2 Å². The van der Waals surface area contributed by atoms with Crippen molar-refractivity contribution in [2.45, 2.75) is 26.2 Å². The highest BCUT2D eigenvalue weighted by molar-refractivity contribution is 6.10. The standard InChI is InChI=1S/C25H25N5O3/c1-2-33-20-11-9-19(10-12-20)27-24(31)18(17-26)16-21-23(29-13-5-3-6-14-29)28-22-8-4-7-15-30(22)25(21)32/h4,7-12,15-16H,2-3,5-6,13-14H2,1H3,(H,27,31)/b18-16+. The summed E-state index contributed by atoms with van der Waals surface area (Å²) in [6, 6.07) is 14.1. The number of hydrogen-bond donors (Lipinski definition) is 1. The van der Waals surface area contributed by atoms with Gasteiger partial charge >= 0.3 is 0 Å². The molecule has 3 heterocycles. The Balaban J connectivity index is 1.71. The molecule has 33 heavy (non-hydrogen) atoms. The molecule has 0 aliphatic carbocycles. The fraction of sp³-hybridized carbons (Fsp3) is 0.280. The number of carbonyl (C=O) groups is 1. The lowest BCUT2D eigenvalue weighted by molar-refractivity contribution is -0.112. The molecule has 8 heteroatoms. The topological polar surface area (TPSA) is 99.7 Å². The van der Waals surface area contributed by atoms with Crippen molar-refractivity contribution in [3.63, 3.8) is 0 Å². The molecule has 4 rings (SSSR count). The molecule has 3 aromatic rings. The molecular formula is C25H25N5O3. The number of nitriles is 1. The van der Waals surface area contributed by atoms with E-state index in [2.05, 4.69) is 10.2 Å². The van der Waals surface area contributed by atoms with Crippen molar-refractivity contribution in [1.29, 1.82) is 5.26 Å². The summed E-state index contributed by atoms with van der Waals surface area (Å²) in [5.41, 5.74) is 0.797. The Labute approximate surface area is 191 Å². The lowest BCUT2D eigenvalue weighted by Gasteiger charge is -2.29. The molecule has 0 saturated carbocycles. The monoisotopic (exact) mass is 443 g/mol. The summed E-state index contributed by atoms with van der Waals surface area (Å²) in [5.74, 6) is 0.601. The van der Waals surface area contributed by atoms with Crippen molar-refractivity contribution in [2.24, 2.45) is 0 Å². The van der Waals surface area contributed by atoms with Crippen molar-refractivity contribution in [2.75, 3.05) is 29.9 Å². The number of benzene rings is 1. The van der Waals surface area contributed by atoms with E-state index in [-0.39, 0.29) is 16.7 Å². The zero-order valence-electron chi connectivity index (χ0n) is 18.5. The van der Waals surface area contributed by atoms with E-state index in [0.29, 0.717) is 29.5 Å². The van der Waals surface area contributed by atoms with E-state index in [9.17, 15) is 14.9 Å². The molecule has 0 atom stereocenters. The van der Waals surface area contributed by atoms with Crippen molar-refractivity contribution in [1.82, 2.24) is 9.38 Å². The highest BCUT2D eigenvalue weighted by atomic mass is 16.5. The molecule has 0 bridgehead atoms. The van der Waals surface area contributed by atoms with Gasteiger partial charge in [0, 0.05) is 25.0 Å². The van der Waals surface area contributed by atoms with Crippen LogP contribution in [0.1, 0.15) is 31.7 Å². The second-order valence-electron chi connectivity index (χ2n) is 7.71. The maximum atomic E-state index is 13.3. The number of anilines is 2. The maximum absolute atomic E-state index is 13.3. The fourth-order valence-corrected chi connectivity index (χ4v) is 3.86. The van der Waals surface area contributed by atoms with Crippen LogP contribution in [0.25, 0.3) is 11.7 Å². The van der Waals surface area contributed by atoms with E-state index in [0.717, 1.165) is 32.4 Å². The van der Waals surface area contributed by atoms with Crippen LogP contribution < -0.4 is 20.5 Å². The van der Waals surface area contributed by atoms with Crippen molar-refractivity contribution >= 4 is 29.1 Å². The number of rotatable bonds is 6. The van der Waals surface area contributed by atoms with Gasteiger partial charge in [-0.1, -0.05) is 6.07 Å². The van der Waals surface area contributed by atoms with Gasteiger partial charge in [-0.15, -0.1) is 0 Å². The smallest absolute Gasteiger partial charge is 0.267 e. The Morgan fingerprint density at radius 1 is 1.18 bits per heavy atom. The van der Waals surface area contributed by atoms with Gasteiger partial charge in [-0.3, -0.25) is 14.0 Å². The average Bonchev–Trinajstić information content (AvgIpc) is 2.85. The van der Waals surface area contributed by atoms with Crippen LogP contribution in [0.3, 0.4) is 0 Å². The van der Waals surface area contributed by atoms with E-state index >= 15 is 0 Å². The number of aromatic nitrogens is 2. The van der Waals surface area contributed by atoms with Crippen molar-refractivity contribution in [3.8, 4) is 11.8 Å². The van der Waals surface area contributed by atoms with E-state index in [1.165, 1.54) is 10.5 Å². The minimum absolute atomic E-state index is 0.170. The number of fused-ring (bicyclic) bond motifs is 1. The van der Waals surface area contributed by atoms with E-state index in [1.54, 1.807) is 42.6 Å². The molecule has 2 aromatic heterocycles. The molecule has 0 spiro atoms. The Morgan fingerprint density at radius 3 is 2.64 bits per heavy atom. The Bertz CT molecular complexity index is 1280. The number of amides is 1. The van der Waals surface area contributed by atoms with Crippen LogP contribution in [-0.2, 0) is 4.79 Å². The molecule has 1 fully saturated rings. The van der Waals surface area contributed by atoms with Crippen molar-refractivity contribution < 1.29 is 9.53 Å². The van der Waals surface area contributed by atoms with Gasteiger partial charge in [-0.05, 0) is 68.7 Å². The molecule has 1 aliphatic heterocycles. The van der Waals surface area contributed by atoms with Crippen LogP contribution in [0.15, 0.2) is 59.0 Å². The number of piperidine rings is 1. The van der Waals surface area contributed by atoms with E-state index in [4.69, 9.17) is 9.72 Å². The summed E-state index contributed by atoms with van der Waals surface area (Å²) in [4.78, 5) is 32.9. The largest absolute Gasteiger partial charge is 0.494 e. The summed E-state index contributed by atoms with van der Waals surface area (Å²) < 4.78 is 6.84. The number of nitrogens with one attached hydrogen (secondary N) is 1. The molecule has 1 aliphatic rings. The molecule has 168 valence electrons. The first kappa shape index (κ1) is 22.1. The van der Waals surface area contributed by atoms with Gasteiger partial charge in [-0.25, -0.2) is 4.98 Å². The molecule has 8 nitrogen and oxygen atoms in total. The van der Waals surface area contributed by atoms with Crippen molar-refractivity contribution in [3.05, 3.63) is 70.2 Å². The molecule has 0 unspecified atom stereocenters.